The maximum atomic E-state index is 12.1. The second-order valence-electron chi connectivity index (χ2n) is 6.48. The Morgan fingerprint density at radius 1 is 1.14 bits per heavy atom. The zero-order valence-electron chi connectivity index (χ0n) is 17.2. The molecule has 0 saturated heterocycles. The van der Waals surface area contributed by atoms with Gasteiger partial charge in [-0.1, -0.05) is 12.1 Å². The molecule has 0 atom stereocenters. The highest BCUT2D eigenvalue weighted by atomic mass is 127. The molecule has 29 heavy (non-hydrogen) atoms. The number of halogens is 1. The molecule has 0 spiro atoms. The van der Waals surface area contributed by atoms with Gasteiger partial charge >= 0.3 is 0 Å². The van der Waals surface area contributed by atoms with Crippen molar-refractivity contribution < 1.29 is 19.0 Å². The van der Waals surface area contributed by atoms with Gasteiger partial charge < -0.3 is 14.2 Å². The highest BCUT2D eigenvalue weighted by Gasteiger charge is 2.13. The van der Waals surface area contributed by atoms with E-state index in [4.69, 9.17) is 14.2 Å². The Hall–Kier alpha value is -2.29. The summed E-state index contributed by atoms with van der Waals surface area (Å²) in [6, 6.07) is 11.2. The third-order valence-electron chi connectivity index (χ3n) is 3.69. The molecule has 0 saturated carbocycles. The Bertz CT molecular complexity index is 835. The highest BCUT2D eigenvalue weighted by molar-refractivity contribution is 14.1. The first-order valence-electron chi connectivity index (χ1n) is 9.59. The average Bonchev–Trinajstić information content (AvgIpc) is 2.66. The highest BCUT2D eigenvalue weighted by Crippen LogP contribution is 2.34. The van der Waals surface area contributed by atoms with Crippen molar-refractivity contribution >= 4 is 34.7 Å². The van der Waals surface area contributed by atoms with E-state index in [1.165, 1.54) is 0 Å². The molecule has 2 aromatic carbocycles. The van der Waals surface area contributed by atoms with Crippen LogP contribution >= 0.6 is 22.6 Å². The molecule has 1 N–H and O–H groups in total. The number of hydrogen-bond donors (Lipinski definition) is 1. The molecule has 0 aliphatic rings. The molecule has 2 aromatic rings. The Kier molecular flexibility index (Phi) is 9.24. The third-order valence-corrected chi connectivity index (χ3v) is 4.49. The predicted molar refractivity (Wildman–Crippen MR) is 123 cm³/mol. The van der Waals surface area contributed by atoms with Gasteiger partial charge in [0.25, 0.3) is 0 Å². The van der Waals surface area contributed by atoms with Crippen LogP contribution in [0, 0.1) is 3.57 Å². The van der Waals surface area contributed by atoms with Crippen LogP contribution in [0.4, 0.5) is 0 Å². The van der Waals surface area contributed by atoms with Crippen molar-refractivity contribution in [2.24, 2.45) is 5.10 Å². The van der Waals surface area contributed by atoms with Crippen molar-refractivity contribution in [3.63, 3.8) is 0 Å². The summed E-state index contributed by atoms with van der Waals surface area (Å²) < 4.78 is 17.9. The molecule has 0 heterocycles. The van der Waals surface area contributed by atoms with Gasteiger partial charge in [-0.05, 0) is 85.7 Å². The fourth-order valence-electron chi connectivity index (χ4n) is 2.55. The van der Waals surface area contributed by atoms with Gasteiger partial charge in [-0.25, -0.2) is 5.43 Å². The summed E-state index contributed by atoms with van der Waals surface area (Å²) in [6.45, 7) is 8.95. The van der Waals surface area contributed by atoms with Gasteiger partial charge in [-0.3, -0.25) is 4.79 Å². The van der Waals surface area contributed by atoms with Gasteiger partial charge in [0.05, 0.1) is 35.5 Å². The van der Waals surface area contributed by atoms with Crippen molar-refractivity contribution in [1.82, 2.24) is 5.43 Å². The molecular weight excluding hydrogens is 483 g/mol. The molecule has 6 nitrogen and oxygen atoms in total. The van der Waals surface area contributed by atoms with E-state index in [0.29, 0.717) is 19.0 Å². The van der Waals surface area contributed by atoms with E-state index < -0.39 is 0 Å². The number of rotatable bonds is 10. The minimum atomic E-state index is -0.190. The van der Waals surface area contributed by atoms with Crippen LogP contribution < -0.4 is 19.6 Å². The summed E-state index contributed by atoms with van der Waals surface area (Å²) >= 11 is 2.21. The minimum absolute atomic E-state index is 0.0455. The lowest BCUT2D eigenvalue weighted by atomic mass is 10.1. The molecule has 0 aliphatic heterocycles. The van der Waals surface area contributed by atoms with E-state index in [2.05, 4.69) is 33.1 Å². The zero-order valence-corrected chi connectivity index (χ0v) is 19.4. The molecule has 0 bridgehead atoms. The van der Waals surface area contributed by atoms with Gasteiger partial charge in [-0.2, -0.15) is 5.10 Å². The quantitative estimate of drug-likeness (QED) is 0.289. The Balaban J connectivity index is 2.00. The number of hydrazone groups is 1. The first-order valence-corrected chi connectivity index (χ1v) is 10.7. The molecule has 7 heteroatoms. The lowest BCUT2D eigenvalue weighted by molar-refractivity contribution is -0.120. The molecule has 2 rings (SSSR count). The number of nitrogens with one attached hydrogen (secondary N) is 1. The number of amides is 1. The zero-order chi connectivity index (χ0) is 21.2. The van der Waals surface area contributed by atoms with E-state index >= 15 is 0 Å². The van der Waals surface area contributed by atoms with E-state index in [1.54, 1.807) is 6.21 Å². The lowest BCUT2D eigenvalue weighted by Crippen LogP contribution is -2.19. The summed E-state index contributed by atoms with van der Waals surface area (Å²) in [6.07, 6.45) is 1.89. The fourth-order valence-corrected chi connectivity index (χ4v) is 3.30. The first kappa shape index (κ1) is 23.0. The van der Waals surface area contributed by atoms with E-state index in [1.807, 2.05) is 64.1 Å². The Morgan fingerprint density at radius 2 is 1.83 bits per heavy atom. The number of carbonyl (C=O) groups is 1. The van der Waals surface area contributed by atoms with E-state index in [-0.39, 0.29) is 18.4 Å². The standard InChI is InChI=1S/C22H27IN2O4/c1-5-27-18-9-7-16(8-10-18)13-21(26)25-24-14-17-11-19(23)22(29-15(3)4)20(12-17)28-6-2/h7-12,14-15H,5-6,13H2,1-4H3,(H,25,26)/b24-14-. The number of benzene rings is 2. The van der Waals surface area contributed by atoms with Gasteiger partial charge in [0.2, 0.25) is 5.91 Å². The van der Waals surface area contributed by atoms with Crippen molar-refractivity contribution in [2.75, 3.05) is 13.2 Å². The molecular formula is C22H27IN2O4. The summed E-state index contributed by atoms with van der Waals surface area (Å²) in [5.74, 6) is 1.98. The van der Waals surface area contributed by atoms with Crippen molar-refractivity contribution in [1.29, 1.82) is 0 Å². The molecule has 156 valence electrons. The summed E-state index contributed by atoms with van der Waals surface area (Å²) in [5, 5.41) is 4.07. The number of hydrogen-bond acceptors (Lipinski definition) is 5. The van der Waals surface area contributed by atoms with Crippen LogP contribution in [0.25, 0.3) is 0 Å². The van der Waals surface area contributed by atoms with Gasteiger partial charge in [0.15, 0.2) is 11.5 Å². The van der Waals surface area contributed by atoms with Crippen molar-refractivity contribution in [3.8, 4) is 17.2 Å². The average molecular weight is 510 g/mol. The van der Waals surface area contributed by atoms with Gasteiger partial charge in [0.1, 0.15) is 5.75 Å². The van der Waals surface area contributed by atoms with Crippen LogP contribution in [-0.4, -0.2) is 31.4 Å². The van der Waals surface area contributed by atoms with Crippen molar-refractivity contribution in [3.05, 3.63) is 51.1 Å². The first-order chi connectivity index (χ1) is 13.9. The van der Waals surface area contributed by atoms with E-state index in [9.17, 15) is 4.79 Å². The molecule has 0 fully saturated rings. The monoisotopic (exact) mass is 510 g/mol. The van der Waals surface area contributed by atoms with Crippen LogP contribution in [0.5, 0.6) is 17.2 Å². The molecule has 0 aliphatic carbocycles. The normalized spacial score (nSPS) is 11.0. The number of nitrogens with zero attached hydrogens (tertiary/aromatic N) is 1. The number of ether oxygens (including phenoxy) is 3. The van der Waals surface area contributed by atoms with Crippen LogP contribution in [0.3, 0.4) is 0 Å². The van der Waals surface area contributed by atoms with Crippen LogP contribution in [-0.2, 0) is 11.2 Å². The summed E-state index contributed by atoms with van der Waals surface area (Å²) in [4.78, 5) is 12.1. The fraction of sp³-hybridized carbons (Fsp3) is 0.364. The van der Waals surface area contributed by atoms with Crippen LogP contribution in [0.15, 0.2) is 41.5 Å². The number of carbonyl (C=O) groups excluding carboxylic acids is 1. The maximum Gasteiger partial charge on any atom is 0.244 e. The Morgan fingerprint density at radius 3 is 2.45 bits per heavy atom. The molecule has 1 amide bonds. The lowest BCUT2D eigenvalue weighted by Gasteiger charge is -2.16. The Labute approximate surface area is 185 Å². The summed E-state index contributed by atoms with van der Waals surface area (Å²) in [5.41, 5.74) is 4.27. The largest absolute Gasteiger partial charge is 0.494 e. The topological polar surface area (TPSA) is 69.2 Å². The minimum Gasteiger partial charge on any atom is -0.494 e. The van der Waals surface area contributed by atoms with E-state index in [0.717, 1.165) is 26.2 Å². The van der Waals surface area contributed by atoms with Gasteiger partial charge in [-0.15, -0.1) is 0 Å². The summed E-state index contributed by atoms with van der Waals surface area (Å²) in [7, 11) is 0. The third kappa shape index (κ3) is 7.56. The predicted octanol–water partition coefficient (Wildman–Crippen LogP) is 4.57. The van der Waals surface area contributed by atoms with Crippen LogP contribution in [0.2, 0.25) is 0 Å². The smallest absolute Gasteiger partial charge is 0.244 e. The van der Waals surface area contributed by atoms with Crippen molar-refractivity contribution in [2.45, 2.75) is 40.2 Å². The second-order valence-corrected chi connectivity index (χ2v) is 7.64. The molecule has 0 unspecified atom stereocenters. The maximum absolute atomic E-state index is 12.1. The molecule has 0 aromatic heterocycles. The molecule has 0 radical (unpaired) electrons. The van der Waals surface area contributed by atoms with Crippen LogP contribution in [0.1, 0.15) is 38.8 Å². The second kappa shape index (κ2) is 11.6. The van der Waals surface area contributed by atoms with Gasteiger partial charge in [0, 0.05) is 0 Å². The SMILES string of the molecule is CCOc1ccc(CC(=O)N/N=C\c2cc(I)c(OC(C)C)c(OCC)c2)cc1.